The van der Waals surface area contributed by atoms with E-state index in [0.717, 1.165) is 38.8 Å². The smallest absolute Gasteiger partial charge is 0.0897 e. The van der Waals surface area contributed by atoms with Gasteiger partial charge in [0.15, 0.2) is 0 Å². The molecule has 1 saturated carbocycles. The zero-order valence-electron chi connectivity index (χ0n) is 10.2. The van der Waals surface area contributed by atoms with Gasteiger partial charge in [-0.3, -0.25) is 0 Å². The second-order valence-corrected chi connectivity index (χ2v) is 4.73. The molecule has 0 amide bonds. The molecule has 1 atom stereocenters. The predicted octanol–water partition coefficient (Wildman–Crippen LogP) is 0.524. The van der Waals surface area contributed by atoms with Crippen LogP contribution in [-0.2, 0) is 4.74 Å². The number of hydrogen-bond donors (Lipinski definition) is 3. The maximum absolute atomic E-state index is 9.57. The highest BCUT2D eigenvalue weighted by Gasteiger charge is 2.26. The molecule has 16 heavy (non-hydrogen) atoms. The fourth-order valence-corrected chi connectivity index (χ4v) is 1.85. The first-order valence-corrected chi connectivity index (χ1v) is 6.37. The normalized spacial score (nSPS) is 26.4. The average Bonchev–Trinajstić information content (AvgIpc) is 2.22. The van der Waals surface area contributed by atoms with Crippen molar-refractivity contribution in [1.82, 2.24) is 5.32 Å². The lowest BCUT2D eigenvalue weighted by Crippen LogP contribution is -2.39. The van der Waals surface area contributed by atoms with E-state index in [-0.39, 0.29) is 6.10 Å². The standard InChI is InChI=1S/C12H25NO3/c1-2-3-4-16-9-12(15)8-13-7-10-5-11(14)6-10/h10-15H,2-9H2,1H3. The molecule has 1 rings (SSSR count). The first kappa shape index (κ1) is 13.9. The van der Waals surface area contributed by atoms with Gasteiger partial charge < -0.3 is 20.3 Å². The number of ether oxygens (including phenoxy) is 1. The predicted molar refractivity (Wildman–Crippen MR) is 63.3 cm³/mol. The molecule has 1 unspecified atom stereocenters. The van der Waals surface area contributed by atoms with E-state index in [4.69, 9.17) is 9.84 Å². The van der Waals surface area contributed by atoms with E-state index in [1.165, 1.54) is 0 Å². The van der Waals surface area contributed by atoms with Gasteiger partial charge >= 0.3 is 0 Å². The Morgan fingerprint density at radius 3 is 2.81 bits per heavy atom. The summed E-state index contributed by atoms with van der Waals surface area (Å²) < 4.78 is 5.32. The molecule has 0 aromatic rings. The van der Waals surface area contributed by atoms with Gasteiger partial charge in [-0.25, -0.2) is 0 Å². The Bertz CT molecular complexity index is 172. The molecule has 4 nitrogen and oxygen atoms in total. The quantitative estimate of drug-likeness (QED) is 0.506. The Balaban J connectivity index is 1.84. The summed E-state index contributed by atoms with van der Waals surface area (Å²) in [5, 5.41) is 21.9. The second kappa shape index (κ2) is 8.01. The zero-order chi connectivity index (χ0) is 11.8. The van der Waals surface area contributed by atoms with Crippen LogP contribution in [0.2, 0.25) is 0 Å². The first-order chi connectivity index (χ1) is 7.72. The van der Waals surface area contributed by atoms with Crippen LogP contribution in [0.15, 0.2) is 0 Å². The van der Waals surface area contributed by atoms with Crippen LogP contribution < -0.4 is 5.32 Å². The summed E-state index contributed by atoms with van der Waals surface area (Å²) in [7, 11) is 0. The number of hydrogen-bond acceptors (Lipinski definition) is 4. The van der Waals surface area contributed by atoms with Gasteiger partial charge in [0.05, 0.1) is 18.8 Å². The minimum absolute atomic E-state index is 0.0888. The van der Waals surface area contributed by atoms with E-state index in [2.05, 4.69) is 12.2 Å². The van der Waals surface area contributed by atoms with Crippen LogP contribution in [0.4, 0.5) is 0 Å². The van der Waals surface area contributed by atoms with Crippen LogP contribution in [0.1, 0.15) is 32.6 Å². The molecule has 3 N–H and O–H groups in total. The van der Waals surface area contributed by atoms with Gasteiger partial charge in [-0.05, 0) is 31.7 Å². The van der Waals surface area contributed by atoms with Gasteiger partial charge in [-0.2, -0.15) is 0 Å². The van der Waals surface area contributed by atoms with Gasteiger partial charge in [-0.1, -0.05) is 13.3 Å². The van der Waals surface area contributed by atoms with E-state index in [9.17, 15) is 5.11 Å². The van der Waals surface area contributed by atoms with E-state index < -0.39 is 6.10 Å². The Morgan fingerprint density at radius 2 is 2.19 bits per heavy atom. The molecule has 0 saturated heterocycles. The second-order valence-electron chi connectivity index (χ2n) is 4.73. The van der Waals surface area contributed by atoms with Crippen molar-refractivity contribution >= 4 is 0 Å². The van der Waals surface area contributed by atoms with E-state index in [1.807, 2.05) is 0 Å². The van der Waals surface area contributed by atoms with Crippen molar-refractivity contribution in [2.24, 2.45) is 5.92 Å². The first-order valence-electron chi connectivity index (χ1n) is 6.37. The lowest BCUT2D eigenvalue weighted by Gasteiger charge is -2.31. The SMILES string of the molecule is CCCCOCC(O)CNCC1CC(O)C1. The van der Waals surface area contributed by atoms with Crippen LogP contribution in [0.3, 0.4) is 0 Å². The fraction of sp³-hybridized carbons (Fsp3) is 1.00. The molecule has 0 spiro atoms. The Morgan fingerprint density at radius 1 is 1.44 bits per heavy atom. The minimum atomic E-state index is -0.415. The lowest BCUT2D eigenvalue weighted by molar-refractivity contribution is 0.0268. The molecule has 96 valence electrons. The number of aliphatic hydroxyl groups is 2. The highest BCUT2D eigenvalue weighted by Crippen LogP contribution is 2.25. The molecule has 1 fully saturated rings. The molecule has 0 heterocycles. The van der Waals surface area contributed by atoms with Crippen molar-refractivity contribution < 1.29 is 14.9 Å². The minimum Gasteiger partial charge on any atom is -0.393 e. The third-order valence-corrected chi connectivity index (χ3v) is 2.98. The summed E-state index contributed by atoms with van der Waals surface area (Å²) in [5.41, 5.74) is 0. The van der Waals surface area contributed by atoms with Crippen LogP contribution in [0, 0.1) is 5.92 Å². The van der Waals surface area contributed by atoms with Crippen molar-refractivity contribution in [1.29, 1.82) is 0 Å². The lowest BCUT2D eigenvalue weighted by atomic mass is 9.82. The van der Waals surface area contributed by atoms with Crippen LogP contribution in [0.5, 0.6) is 0 Å². The maximum atomic E-state index is 9.57. The van der Waals surface area contributed by atoms with Crippen molar-refractivity contribution in [2.75, 3.05) is 26.3 Å². The summed E-state index contributed by atoms with van der Waals surface area (Å²) in [6, 6.07) is 0. The summed E-state index contributed by atoms with van der Waals surface area (Å²) in [6.45, 7) is 4.75. The van der Waals surface area contributed by atoms with E-state index in [0.29, 0.717) is 19.1 Å². The molecule has 0 bridgehead atoms. The van der Waals surface area contributed by atoms with Crippen LogP contribution in [-0.4, -0.2) is 48.7 Å². The Labute approximate surface area is 98.0 Å². The number of unbranched alkanes of at least 4 members (excludes halogenated alkanes) is 1. The number of nitrogens with one attached hydrogen (secondary N) is 1. The maximum Gasteiger partial charge on any atom is 0.0897 e. The monoisotopic (exact) mass is 231 g/mol. The third kappa shape index (κ3) is 5.80. The molecule has 1 aliphatic carbocycles. The summed E-state index contributed by atoms with van der Waals surface area (Å²) in [6.07, 6.45) is 3.47. The summed E-state index contributed by atoms with van der Waals surface area (Å²) in [4.78, 5) is 0. The number of rotatable bonds is 9. The summed E-state index contributed by atoms with van der Waals surface area (Å²) in [5.74, 6) is 0.586. The highest BCUT2D eigenvalue weighted by atomic mass is 16.5. The summed E-state index contributed by atoms with van der Waals surface area (Å²) >= 11 is 0. The van der Waals surface area contributed by atoms with Gasteiger partial charge in [-0.15, -0.1) is 0 Å². The largest absolute Gasteiger partial charge is 0.393 e. The van der Waals surface area contributed by atoms with Crippen molar-refractivity contribution in [3.05, 3.63) is 0 Å². The molecule has 0 radical (unpaired) electrons. The van der Waals surface area contributed by atoms with Crippen molar-refractivity contribution in [3.8, 4) is 0 Å². The molecule has 0 aromatic heterocycles. The van der Waals surface area contributed by atoms with E-state index >= 15 is 0 Å². The van der Waals surface area contributed by atoms with Crippen molar-refractivity contribution in [2.45, 2.75) is 44.8 Å². The third-order valence-electron chi connectivity index (χ3n) is 2.98. The Hall–Kier alpha value is -0.160. The fourth-order valence-electron chi connectivity index (χ4n) is 1.85. The molecule has 4 heteroatoms. The van der Waals surface area contributed by atoms with E-state index in [1.54, 1.807) is 0 Å². The van der Waals surface area contributed by atoms with Gasteiger partial charge in [0.1, 0.15) is 0 Å². The molecule has 0 aliphatic heterocycles. The molecule has 1 aliphatic rings. The topological polar surface area (TPSA) is 61.7 Å². The number of aliphatic hydroxyl groups excluding tert-OH is 2. The van der Waals surface area contributed by atoms with Gasteiger partial charge in [0, 0.05) is 13.2 Å². The Kier molecular flexibility index (Phi) is 6.96. The zero-order valence-corrected chi connectivity index (χ0v) is 10.2. The highest BCUT2D eigenvalue weighted by molar-refractivity contribution is 4.80. The average molecular weight is 231 g/mol. The van der Waals surface area contributed by atoms with Crippen LogP contribution in [0.25, 0.3) is 0 Å². The van der Waals surface area contributed by atoms with Crippen molar-refractivity contribution in [3.63, 3.8) is 0 Å². The molecular weight excluding hydrogens is 206 g/mol. The van der Waals surface area contributed by atoms with Crippen LogP contribution >= 0.6 is 0 Å². The van der Waals surface area contributed by atoms with Gasteiger partial charge in [0.25, 0.3) is 0 Å². The molecular formula is C12H25NO3. The van der Waals surface area contributed by atoms with Gasteiger partial charge in [0.2, 0.25) is 0 Å². The molecule has 0 aromatic carbocycles.